The Balaban J connectivity index is 1.65. The molecule has 1 atom stereocenters. The standard InChI is InChI=1S/C18H17F2N3O4/c1-9-3-5-12-11(7-9)15(23-27-12)17-22-21-16(26-17)10-4-6-13(25-18(19)20)14(8-10)24-2/h4,6,8-9,18H,3,5,7H2,1-2H3/t9-/m0/s1. The molecule has 2 heterocycles. The van der Waals surface area contributed by atoms with Crippen LogP contribution in [0.25, 0.3) is 23.0 Å². The van der Waals surface area contributed by atoms with Gasteiger partial charge in [0.25, 0.3) is 5.89 Å². The van der Waals surface area contributed by atoms with Crippen LogP contribution < -0.4 is 9.47 Å². The SMILES string of the molecule is COc1cc(-c2nnc(-c3noc4c3C[C@@H](C)CC4)o2)ccc1OC(F)F. The third kappa shape index (κ3) is 3.36. The summed E-state index contributed by atoms with van der Waals surface area (Å²) in [4.78, 5) is 0. The van der Waals surface area contributed by atoms with Crippen molar-refractivity contribution in [3.8, 4) is 34.5 Å². The van der Waals surface area contributed by atoms with E-state index in [9.17, 15) is 8.78 Å². The van der Waals surface area contributed by atoms with Crippen LogP contribution >= 0.6 is 0 Å². The van der Waals surface area contributed by atoms with Gasteiger partial charge in [0.15, 0.2) is 17.2 Å². The Morgan fingerprint density at radius 1 is 1.19 bits per heavy atom. The van der Waals surface area contributed by atoms with Gasteiger partial charge in [0.2, 0.25) is 5.89 Å². The van der Waals surface area contributed by atoms with Gasteiger partial charge in [0.1, 0.15) is 5.76 Å². The third-order valence-corrected chi connectivity index (χ3v) is 4.54. The number of hydrogen-bond acceptors (Lipinski definition) is 7. The fourth-order valence-electron chi connectivity index (χ4n) is 3.18. The monoisotopic (exact) mass is 377 g/mol. The highest BCUT2D eigenvalue weighted by molar-refractivity contribution is 5.62. The number of ether oxygens (including phenoxy) is 2. The summed E-state index contributed by atoms with van der Waals surface area (Å²) in [5.41, 5.74) is 2.07. The molecule has 0 bridgehead atoms. The van der Waals surface area contributed by atoms with Crippen molar-refractivity contribution >= 4 is 0 Å². The fraction of sp³-hybridized carbons (Fsp3) is 0.389. The maximum atomic E-state index is 12.5. The van der Waals surface area contributed by atoms with Gasteiger partial charge >= 0.3 is 6.61 Å². The van der Waals surface area contributed by atoms with E-state index in [1.165, 1.54) is 25.3 Å². The van der Waals surface area contributed by atoms with Gasteiger partial charge in [-0.15, -0.1) is 10.2 Å². The van der Waals surface area contributed by atoms with Gasteiger partial charge < -0.3 is 18.4 Å². The highest BCUT2D eigenvalue weighted by Gasteiger charge is 2.27. The van der Waals surface area contributed by atoms with E-state index in [4.69, 9.17) is 13.7 Å². The van der Waals surface area contributed by atoms with E-state index in [1.54, 1.807) is 0 Å². The predicted octanol–water partition coefficient (Wildman–Crippen LogP) is 4.13. The van der Waals surface area contributed by atoms with Gasteiger partial charge in [0, 0.05) is 17.5 Å². The molecule has 0 amide bonds. The Bertz CT molecular complexity index is 954. The summed E-state index contributed by atoms with van der Waals surface area (Å²) in [6, 6.07) is 4.40. The van der Waals surface area contributed by atoms with Crippen LogP contribution in [0.5, 0.6) is 11.5 Å². The van der Waals surface area contributed by atoms with E-state index < -0.39 is 6.61 Å². The zero-order valence-electron chi connectivity index (χ0n) is 14.7. The average molecular weight is 377 g/mol. The van der Waals surface area contributed by atoms with Crippen molar-refractivity contribution in [2.75, 3.05) is 7.11 Å². The van der Waals surface area contributed by atoms with Crippen LogP contribution in [0, 0.1) is 5.92 Å². The number of benzene rings is 1. The highest BCUT2D eigenvalue weighted by atomic mass is 19.3. The lowest BCUT2D eigenvalue weighted by atomic mass is 9.88. The van der Waals surface area contributed by atoms with Crippen LogP contribution in [-0.4, -0.2) is 29.1 Å². The molecule has 7 nitrogen and oxygen atoms in total. The van der Waals surface area contributed by atoms with Crippen molar-refractivity contribution in [3.05, 3.63) is 29.5 Å². The lowest BCUT2D eigenvalue weighted by molar-refractivity contribution is -0.0512. The molecular formula is C18H17F2N3O4. The molecule has 9 heteroatoms. The van der Waals surface area contributed by atoms with E-state index in [2.05, 4.69) is 27.0 Å². The molecule has 0 N–H and O–H groups in total. The summed E-state index contributed by atoms with van der Waals surface area (Å²) in [5.74, 6) is 1.93. The Hall–Kier alpha value is -2.97. The number of aryl methyl sites for hydroxylation is 1. The van der Waals surface area contributed by atoms with Gasteiger partial charge in [-0.3, -0.25) is 0 Å². The van der Waals surface area contributed by atoms with E-state index >= 15 is 0 Å². The smallest absolute Gasteiger partial charge is 0.387 e. The molecule has 142 valence electrons. The van der Waals surface area contributed by atoms with Crippen molar-refractivity contribution in [2.45, 2.75) is 32.8 Å². The molecule has 1 aliphatic carbocycles. The molecule has 0 saturated heterocycles. The molecule has 27 heavy (non-hydrogen) atoms. The van der Waals surface area contributed by atoms with Crippen molar-refractivity contribution < 1.29 is 27.2 Å². The number of rotatable bonds is 5. The van der Waals surface area contributed by atoms with Crippen molar-refractivity contribution in [2.24, 2.45) is 5.92 Å². The highest BCUT2D eigenvalue weighted by Crippen LogP contribution is 2.36. The molecule has 3 aromatic rings. The first kappa shape index (κ1) is 17.4. The molecule has 1 aliphatic rings. The van der Waals surface area contributed by atoms with Crippen LogP contribution in [0.15, 0.2) is 27.1 Å². The number of fused-ring (bicyclic) bond motifs is 1. The Kier molecular flexibility index (Phi) is 4.51. The molecule has 4 rings (SSSR count). The summed E-state index contributed by atoms with van der Waals surface area (Å²) in [5, 5.41) is 12.2. The van der Waals surface area contributed by atoms with Crippen LogP contribution in [-0.2, 0) is 12.8 Å². The molecule has 0 unspecified atom stereocenters. The number of hydrogen-bond donors (Lipinski definition) is 0. The first-order valence-electron chi connectivity index (χ1n) is 8.49. The van der Waals surface area contributed by atoms with Crippen LogP contribution in [0.2, 0.25) is 0 Å². The molecule has 0 spiro atoms. The summed E-state index contributed by atoms with van der Waals surface area (Å²) < 4.78 is 45.6. The van der Waals surface area contributed by atoms with Crippen molar-refractivity contribution in [1.29, 1.82) is 0 Å². The van der Waals surface area contributed by atoms with Gasteiger partial charge in [-0.2, -0.15) is 8.78 Å². The lowest BCUT2D eigenvalue weighted by Crippen LogP contribution is -2.09. The summed E-state index contributed by atoms with van der Waals surface area (Å²) in [7, 11) is 1.36. The molecule has 1 aromatic carbocycles. The number of methoxy groups -OCH3 is 1. The minimum Gasteiger partial charge on any atom is -0.493 e. The largest absolute Gasteiger partial charge is 0.493 e. The van der Waals surface area contributed by atoms with Crippen LogP contribution in [0.3, 0.4) is 0 Å². The Morgan fingerprint density at radius 3 is 2.78 bits per heavy atom. The number of halogens is 2. The molecule has 0 fully saturated rings. The number of nitrogens with zero attached hydrogens (tertiary/aromatic N) is 3. The second-order valence-electron chi connectivity index (χ2n) is 6.44. The first-order valence-corrected chi connectivity index (χ1v) is 8.49. The fourth-order valence-corrected chi connectivity index (χ4v) is 3.18. The second-order valence-corrected chi connectivity index (χ2v) is 6.44. The van der Waals surface area contributed by atoms with Gasteiger partial charge in [-0.25, -0.2) is 0 Å². The zero-order valence-corrected chi connectivity index (χ0v) is 14.7. The van der Waals surface area contributed by atoms with Crippen LogP contribution in [0.4, 0.5) is 8.78 Å². The maximum Gasteiger partial charge on any atom is 0.387 e. The quantitative estimate of drug-likeness (QED) is 0.661. The first-order chi connectivity index (χ1) is 13.0. The molecular weight excluding hydrogens is 360 g/mol. The lowest BCUT2D eigenvalue weighted by Gasteiger charge is -2.15. The van der Waals surface area contributed by atoms with E-state index in [1.807, 2.05) is 0 Å². The van der Waals surface area contributed by atoms with E-state index in [-0.39, 0.29) is 23.3 Å². The summed E-state index contributed by atoms with van der Waals surface area (Å²) in [6.45, 7) is -0.769. The normalized spacial score (nSPS) is 16.4. The summed E-state index contributed by atoms with van der Waals surface area (Å²) in [6.07, 6.45) is 2.75. The minimum atomic E-state index is -2.94. The van der Waals surface area contributed by atoms with Crippen molar-refractivity contribution in [3.63, 3.8) is 0 Å². The van der Waals surface area contributed by atoms with Gasteiger partial charge in [-0.05, 0) is 37.0 Å². The molecule has 0 radical (unpaired) electrons. The van der Waals surface area contributed by atoms with E-state index in [0.717, 1.165) is 30.6 Å². The molecule has 0 saturated carbocycles. The predicted molar refractivity (Wildman–Crippen MR) is 89.6 cm³/mol. The van der Waals surface area contributed by atoms with Crippen LogP contribution in [0.1, 0.15) is 24.7 Å². The zero-order chi connectivity index (χ0) is 19.0. The third-order valence-electron chi connectivity index (χ3n) is 4.54. The van der Waals surface area contributed by atoms with E-state index in [0.29, 0.717) is 17.2 Å². The Morgan fingerprint density at radius 2 is 2.00 bits per heavy atom. The van der Waals surface area contributed by atoms with Crippen molar-refractivity contribution in [1.82, 2.24) is 15.4 Å². The number of aromatic nitrogens is 3. The molecule has 2 aromatic heterocycles. The topological polar surface area (TPSA) is 83.4 Å². The second kappa shape index (κ2) is 6.98. The van der Waals surface area contributed by atoms with Gasteiger partial charge in [0.05, 0.1) is 7.11 Å². The average Bonchev–Trinajstić information content (AvgIpc) is 3.28. The minimum absolute atomic E-state index is 0.0736. The van der Waals surface area contributed by atoms with Gasteiger partial charge in [-0.1, -0.05) is 12.1 Å². The summed E-state index contributed by atoms with van der Waals surface area (Å²) >= 11 is 0. The molecule has 0 aliphatic heterocycles. The number of alkyl halides is 2. The Labute approximate surface area is 153 Å². The maximum absolute atomic E-state index is 12.5.